The summed E-state index contributed by atoms with van der Waals surface area (Å²) in [5.41, 5.74) is 0.150. The fourth-order valence-corrected chi connectivity index (χ4v) is 3.35. The molecule has 2 aliphatic carbocycles. The third-order valence-corrected chi connectivity index (χ3v) is 4.91. The standard InChI is InChI=1S/C15H24N2O2/c1-14(2,3)12-13(19)17(8-11(18)16-12)9-15(6-7-15)10-4-5-10/h10,12H,4-9H2,1-3H3,(H,16,18). The van der Waals surface area contributed by atoms with Gasteiger partial charge < -0.3 is 10.2 Å². The highest BCUT2D eigenvalue weighted by atomic mass is 16.2. The van der Waals surface area contributed by atoms with Crippen LogP contribution in [0.4, 0.5) is 0 Å². The van der Waals surface area contributed by atoms with E-state index in [9.17, 15) is 9.59 Å². The quantitative estimate of drug-likeness (QED) is 0.841. The molecule has 0 aromatic carbocycles. The number of nitrogens with one attached hydrogen (secondary N) is 1. The third-order valence-electron chi connectivity index (χ3n) is 4.91. The van der Waals surface area contributed by atoms with E-state index in [4.69, 9.17) is 0 Å². The van der Waals surface area contributed by atoms with Crippen molar-refractivity contribution in [3.8, 4) is 0 Å². The summed E-state index contributed by atoms with van der Waals surface area (Å²) in [6.07, 6.45) is 5.11. The van der Waals surface area contributed by atoms with Gasteiger partial charge in [0, 0.05) is 6.54 Å². The van der Waals surface area contributed by atoms with Gasteiger partial charge in [-0.2, -0.15) is 0 Å². The second-order valence-corrected chi connectivity index (χ2v) is 7.70. The summed E-state index contributed by atoms with van der Waals surface area (Å²) in [5.74, 6) is 0.920. The lowest BCUT2D eigenvalue weighted by Gasteiger charge is -2.40. The Morgan fingerprint density at radius 3 is 2.37 bits per heavy atom. The van der Waals surface area contributed by atoms with Gasteiger partial charge >= 0.3 is 0 Å². The predicted octanol–water partition coefficient (Wildman–Crippen LogP) is 1.55. The fraction of sp³-hybridized carbons (Fsp3) is 0.867. The first kappa shape index (κ1) is 12.9. The SMILES string of the molecule is CC(C)(C)C1NC(=O)CN(CC2(C3CC3)CC2)C1=O. The molecule has 19 heavy (non-hydrogen) atoms. The molecule has 1 saturated heterocycles. The molecule has 2 amide bonds. The number of carbonyl (C=O) groups is 2. The highest BCUT2D eigenvalue weighted by Gasteiger charge is 2.55. The molecule has 3 aliphatic rings. The Hall–Kier alpha value is -1.06. The number of hydrogen-bond donors (Lipinski definition) is 1. The maximum Gasteiger partial charge on any atom is 0.246 e. The number of nitrogens with zero attached hydrogens (tertiary/aromatic N) is 1. The van der Waals surface area contributed by atoms with Crippen LogP contribution in [0.25, 0.3) is 0 Å². The third kappa shape index (κ3) is 2.37. The minimum absolute atomic E-state index is 0.00822. The van der Waals surface area contributed by atoms with Crippen molar-refractivity contribution in [2.24, 2.45) is 16.7 Å². The Balaban J connectivity index is 1.73. The van der Waals surface area contributed by atoms with E-state index in [1.807, 2.05) is 25.7 Å². The minimum atomic E-state index is -0.372. The molecule has 0 aromatic heterocycles. The topological polar surface area (TPSA) is 49.4 Å². The van der Waals surface area contributed by atoms with Crippen molar-refractivity contribution in [3.05, 3.63) is 0 Å². The van der Waals surface area contributed by atoms with Crippen LogP contribution in [0.2, 0.25) is 0 Å². The van der Waals surface area contributed by atoms with Crippen LogP contribution in [0.15, 0.2) is 0 Å². The van der Waals surface area contributed by atoms with E-state index in [2.05, 4.69) is 5.32 Å². The van der Waals surface area contributed by atoms with Crippen LogP contribution in [-0.4, -0.2) is 35.8 Å². The van der Waals surface area contributed by atoms with Gasteiger partial charge in [-0.15, -0.1) is 0 Å². The van der Waals surface area contributed by atoms with E-state index in [1.54, 1.807) is 0 Å². The molecule has 2 saturated carbocycles. The summed E-state index contributed by atoms with van der Waals surface area (Å²) in [6, 6.07) is -0.372. The minimum Gasteiger partial charge on any atom is -0.342 e. The number of amides is 2. The van der Waals surface area contributed by atoms with Crippen LogP contribution in [0, 0.1) is 16.7 Å². The molecule has 0 aromatic rings. The van der Waals surface area contributed by atoms with Crippen molar-refractivity contribution in [1.29, 1.82) is 0 Å². The van der Waals surface area contributed by atoms with Crippen molar-refractivity contribution in [2.75, 3.05) is 13.1 Å². The van der Waals surface area contributed by atoms with Gasteiger partial charge in [0.1, 0.15) is 6.04 Å². The molecule has 3 rings (SSSR count). The van der Waals surface area contributed by atoms with E-state index < -0.39 is 0 Å². The molecule has 1 aliphatic heterocycles. The highest BCUT2D eigenvalue weighted by molar-refractivity contribution is 5.95. The molecule has 106 valence electrons. The van der Waals surface area contributed by atoms with Crippen LogP contribution in [0.1, 0.15) is 46.5 Å². The molecular weight excluding hydrogens is 240 g/mol. The molecule has 3 fully saturated rings. The zero-order chi connectivity index (χ0) is 13.8. The Kier molecular flexibility index (Phi) is 2.70. The van der Waals surface area contributed by atoms with Gasteiger partial charge in [0.25, 0.3) is 0 Å². The smallest absolute Gasteiger partial charge is 0.246 e. The van der Waals surface area contributed by atoms with Crippen LogP contribution < -0.4 is 5.32 Å². The van der Waals surface area contributed by atoms with Crippen LogP contribution in [-0.2, 0) is 9.59 Å². The molecule has 0 spiro atoms. The van der Waals surface area contributed by atoms with Gasteiger partial charge in [0.05, 0.1) is 6.54 Å². The summed E-state index contributed by atoms with van der Waals surface area (Å²) < 4.78 is 0. The second kappa shape index (κ2) is 3.97. The number of rotatable bonds is 3. The van der Waals surface area contributed by atoms with Gasteiger partial charge in [-0.05, 0) is 42.4 Å². The van der Waals surface area contributed by atoms with Crippen LogP contribution >= 0.6 is 0 Å². The van der Waals surface area contributed by atoms with Gasteiger partial charge in [-0.3, -0.25) is 9.59 Å². The highest BCUT2D eigenvalue weighted by Crippen LogP contribution is 2.61. The van der Waals surface area contributed by atoms with E-state index in [0.717, 1.165) is 12.5 Å². The molecule has 0 bridgehead atoms. The van der Waals surface area contributed by atoms with Crippen molar-refractivity contribution >= 4 is 11.8 Å². The summed E-state index contributed by atoms with van der Waals surface area (Å²) in [5, 5.41) is 2.86. The Labute approximate surface area is 114 Å². The van der Waals surface area contributed by atoms with E-state index >= 15 is 0 Å². The van der Waals surface area contributed by atoms with Gasteiger partial charge in [0.15, 0.2) is 0 Å². The molecule has 1 unspecified atom stereocenters. The Bertz CT molecular complexity index is 416. The molecular formula is C15H24N2O2. The van der Waals surface area contributed by atoms with Crippen molar-refractivity contribution < 1.29 is 9.59 Å². The molecule has 0 radical (unpaired) electrons. The first-order valence-electron chi connectivity index (χ1n) is 7.40. The summed E-state index contributed by atoms with van der Waals surface area (Å²) >= 11 is 0. The first-order valence-corrected chi connectivity index (χ1v) is 7.40. The number of carbonyl (C=O) groups excluding carboxylic acids is 2. The zero-order valence-electron chi connectivity index (χ0n) is 12.2. The average Bonchev–Trinajstić information content (AvgIpc) is 3.11. The van der Waals surface area contributed by atoms with Gasteiger partial charge in [-0.25, -0.2) is 0 Å². The van der Waals surface area contributed by atoms with Gasteiger partial charge in [-0.1, -0.05) is 20.8 Å². The summed E-state index contributed by atoms with van der Waals surface area (Å²) in [4.78, 5) is 26.3. The van der Waals surface area contributed by atoms with Crippen molar-refractivity contribution in [1.82, 2.24) is 10.2 Å². The molecule has 1 atom stereocenters. The predicted molar refractivity (Wildman–Crippen MR) is 72.4 cm³/mol. The zero-order valence-corrected chi connectivity index (χ0v) is 12.2. The lowest BCUT2D eigenvalue weighted by Crippen LogP contribution is -2.63. The second-order valence-electron chi connectivity index (χ2n) is 7.70. The largest absolute Gasteiger partial charge is 0.342 e. The lowest BCUT2D eigenvalue weighted by molar-refractivity contribution is -0.148. The normalized spacial score (nSPS) is 30.3. The maximum atomic E-state index is 12.6. The fourth-order valence-electron chi connectivity index (χ4n) is 3.35. The average molecular weight is 264 g/mol. The Morgan fingerprint density at radius 2 is 1.89 bits per heavy atom. The van der Waals surface area contributed by atoms with Crippen molar-refractivity contribution in [2.45, 2.75) is 52.5 Å². The molecule has 1 heterocycles. The van der Waals surface area contributed by atoms with Crippen LogP contribution in [0.5, 0.6) is 0 Å². The van der Waals surface area contributed by atoms with Crippen LogP contribution in [0.3, 0.4) is 0 Å². The van der Waals surface area contributed by atoms with E-state index in [0.29, 0.717) is 5.41 Å². The van der Waals surface area contributed by atoms with Gasteiger partial charge in [0.2, 0.25) is 11.8 Å². The first-order chi connectivity index (χ1) is 8.82. The van der Waals surface area contributed by atoms with E-state index in [-0.39, 0.29) is 29.8 Å². The molecule has 4 nitrogen and oxygen atoms in total. The monoisotopic (exact) mass is 264 g/mol. The van der Waals surface area contributed by atoms with Crippen molar-refractivity contribution in [3.63, 3.8) is 0 Å². The maximum absolute atomic E-state index is 12.6. The summed E-state index contributed by atoms with van der Waals surface area (Å²) in [7, 11) is 0. The molecule has 4 heteroatoms. The lowest BCUT2D eigenvalue weighted by atomic mass is 9.84. The summed E-state index contributed by atoms with van der Waals surface area (Å²) in [6.45, 7) is 7.07. The Morgan fingerprint density at radius 1 is 1.26 bits per heavy atom. The number of hydrogen-bond acceptors (Lipinski definition) is 2. The van der Waals surface area contributed by atoms with E-state index in [1.165, 1.54) is 25.7 Å². The number of piperazine rings is 1. The molecule has 1 N–H and O–H groups in total.